The summed E-state index contributed by atoms with van der Waals surface area (Å²) in [6, 6.07) is 25.3. The van der Waals surface area contributed by atoms with Gasteiger partial charge in [-0.25, -0.2) is 0 Å². The molecule has 0 aliphatic carbocycles. The SMILES string of the molecule is COCCOc1ccc(NCC(=O)Nc2ccccc2OCCCc2ccccc2)cc1. The molecule has 0 fully saturated rings. The number of carbonyl (C=O) groups excluding carboxylic acids is 1. The number of carbonyl (C=O) groups is 1. The van der Waals surface area contributed by atoms with E-state index in [0.717, 1.165) is 24.3 Å². The summed E-state index contributed by atoms with van der Waals surface area (Å²) in [4.78, 5) is 12.4. The van der Waals surface area contributed by atoms with E-state index in [4.69, 9.17) is 14.2 Å². The minimum Gasteiger partial charge on any atom is -0.491 e. The minimum atomic E-state index is -0.147. The van der Waals surface area contributed by atoms with Crippen molar-refractivity contribution in [2.45, 2.75) is 12.8 Å². The number of benzene rings is 3. The van der Waals surface area contributed by atoms with Gasteiger partial charge in [-0.2, -0.15) is 0 Å². The molecule has 6 nitrogen and oxygen atoms in total. The molecule has 0 atom stereocenters. The van der Waals surface area contributed by atoms with Gasteiger partial charge >= 0.3 is 0 Å². The molecule has 6 heteroatoms. The number of hydrogen-bond donors (Lipinski definition) is 2. The number of ether oxygens (including phenoxy) is 3. The second-order valence-electron chi connectivity index (χ2n) is 7.20. The first kappa shape index (κ1) is 23.2. The molecule has 2 N–H and O–H groups in total. The highest BCUT2D eigenvalue weighted by Crippen LogP contribution is 2.24. The minimum absolute atomic E-state index is 0.145. The number of para-hydroxylation sites is 2. The van der Waals surface area contributed by atoms with E-state index in [-0.39, 0.29) is 12.5 Å². The quantitative estimate of drug-likeness (QED) is 0.379. The standard InChI is InChI=1S/C26H30N2O4/c1-30-18-19-31-23-15-13-22(14-16-23)27-20-26(29)28-24-11-5-6-12-25(24)32-17-7-10-21-8-3-2-4-9-21/h2-6,8-9,11-16,27H,7,10,17-20H2,1H3,(H,28,29). The summed E-state index contributed by atoms with van der Waals surface area (Å²) in [5, 5.41) is 6.04. The van der Waals surface area contributed by atoms with Crippen molar-refractivity contribution in [3.63, 3.8) is 0 Å². The Morgan fingerprint density at radius 1 is 0.812 bits per heavy atom. The van der Waals surface area contributed by atoms with E-state index in [0.29, 0.717) is 31.3 Å². The molecule has 3 aromatic rings. The molecule has 168 valence electrons. The number of nitrogens with one attached hydrogen (secondary N) is 2. The molecule has 0 saturated carbocycles. The predicted octanol–water partition coefficient (Wildman–Crippen LogP) is 4.77. The lowest BCUT2D eigenvalue weighted by Crippen LogP contribution is -2.22. The molecule has 0 aliphatic rings. The summed E-state index contributed by atoms with van der Waals surface area (Å²) >= 11 is 0. The molecule has 0 unspecified atom stereocenters. The maximum atomic E-state index is 12.4. The summed E-state index contributed by atoms with van der Waals surface area (Å²) in [6.45, 7) is 1.77. The molecule has 32 heavy (non-hydrogen) atoms. The van der Waals surface area contributed by atoms with Crippen LogP contribution in [0.2, 0.25) is 0 Å². The van der Waals surface area contributed by atoms with Gasteiger partial charge in [0.25, 0.3) is 0 Å². The van der Waals surface area contributed by atoms with Crippen LogP contribution in [0.3, 0.4) is 0 Å². The molecule has 0 aliphatic heterocycles. The van der Waals surface area contributed by atoms with Crippen LogP contribution in [0.25, 0.3) is 0 Å². The fraction of sp³-hybridized carbons (Fsp3) is 0.269. The molecule has 0 spiro atoms. The van der Waals surface area contributed by atoms with E-state index in [9.17, 15) is 4.79 Å². The van der Waals surface area contributed by atoms with Crippen molar-refractivity contribution in [1.29, 1.82) is 0 Å². The van der Waals surface area contributed by atoms with E-state index in [1.54, 1.807) is 7.11 Å². The number of anilines is 2. The van der Waals surface area contributed by atoms with Crippen LogP contribution in [0.5, 0.6) is 11.5 Å². The van der Waals surface area contributed by atoms with Gasteiger partial charge < -0.3 is 24.8 Å². The topological polar surface area (TPSA) is 68.8 Å². The monoisotopic (exact) mass is 434 g/mol. The molecular formula is C26H30N2O4. The van der Waals surface area contributed by atoms with Crippen molar-refractivity contribution in [2.75, 3.05) is 44.1 Å². The maximum Gasteiger partial charge on any atom is 0.243 e. The van der Waals surface area contributed by atoms with Crippen LogP contribution >= 0.6 is 0 Å². The number of amides is 1. The zero-order chi connectivity index (χ0) is 22.4. The summed E-state index contributed by atoms with van der Waals surface area (Å²) in [5.74, 6) is 1.28. The van der Waals surface area contributed by atoms with E-state index in [1.807, 2.05) is 66.7 Å². The highest BCUT2D eigenvalue weighted by Gasteiger charge is 2.08. The van der Waals surface area contributed by atoms with Crippen molar-refractivity contribution in [1.82, 2.24) is 0 Å². The van der Waals surface area contributed by atoms with Crippen LogP contribution in [-0.4, -0.2) is 39.4 Å². The molecule has 0 heterocycles. The van der Waals surface area contributed by atoms with Gasteiger partial charge in [-0.15, -0.1) is 0 Å². The number of hydrogen-bond acceptors (Lipinski definition) is 5. The van der Waals surface area contributed by atoms with Crippen molar-refractivity contribution in [2.24, 2.45) is 0 Å². The van der Waals surface area contributed by atoms with Gasteiger partial charge in [0, 0.05) is 12.8 Å². The summed E-state index contributed by atoms with van der Waals surface area (Å²) < 4.78 is 16.4. The van der Waals surface area contributed by atoms with Crippen LogP contribution in [0.4, 0.5) is 11.4 Å². The normalized spacial score (nSPS) is 10.4. The fourth-order valence-electron chi connectivity index (χ4n) is 3.09. The zero-order valence-electron chi connectivity index (χ0n) is 18.4. The third kappa shape index (κ3) is 7.96. The molecular weight excluding hydrogens is 404 g/mol. The summed E-state index contributed by atoms with van der Waals surface area (Å²) in [6.07, 6.45) is 1.86. The second-order valence-corrected chi connectivity index (χ2v) is 7.20. The Morgan fingerprint density at radius 2 is 1.56 bits per heavy atom. The maximum absolute atomic E-state index is 12.4. The van der Waals surface area contributed by atoms with Crippen molar-refractivity contribution in [3.8, 4) is 11.5 Å². The number of aryl methyl sites for hydroxylation is 1. The first-order valence-electron chi connectivity index (χ1n) is 10.8. The molecule has 0 saturated heterocycles. The molecule has 3 aromatic carbocycles. The average molecular weight is 435 g/mol. The van der Waals surface area contributed by atoms with Crippen LogP contribution in [-0.2, 0) is 16.0 Å². The van der Waals surface area contributed by atoms with Gasteiger partial charge in [0.2, 0.25) is 5.91 Å². The van der Waals surface area contributed by atoms with Gasteiger partial charge in [0.1, 0.15) is 18.1 Å². The largest absolute Gasteiger partial charge is 0.491 e. The average Bonchev–Trinajstić information content (AvgIpc) is 2.83. The third-order valence-corrected chi connectivity index (χ3v) is 4.73. The highest BCUT2D eigenvalue weighted by atomic mass is 16.5. The van der Waals surface area contributed by atoms with E-state index >= 15 is 0 Å². The fourth-order valence-corrected chi connectivity index (χ4v) is 3.09. The van der Waals surface area contributed by atoms with Crippen LogP contribution in [0, 0.1) is 0 Å². The Labute approximate surface area is 189 Å². The van der Waals surface area contributed by atoms with Gasteiger partial charge in [0.15, 0.2) is 0 Å². The van der Waals surface area contributed by atoms with E-state index in [1.165, 1.54) is 5.56 Å². The molecule has 1 amide bonds. The lowest BCUT2D eigenvalue weighted by atomic mass is 10.1. The van der Waals surface area contributed by atoms with Gasteiger partial charge in [-0.3, -0.25) is 4.79 Å². The molecule has 0 radical (unpaired) electrons. The first-order chi connectivity index (χ1) is 15.7. The molecule has 3 rings (SSSR count). The third-order valence-electron chi connectivity index (χ3n) is 4.73. The lowest BCUT2D eigenvalue weighted by molar-refractivity contribution is -0.114. The summed E-state index contributed by atoms with van der Waals surface area (Å²) in [5.41, 5.74) is 2.80. The van der Waals surface area contributed by atoms with Crippen LogP contribution < -0.4 is 20.1 Å². The Kier molecular flexibility index (Phi) is 9.42. The lowest BCUT2D eigenvalue weighted by Gasteiger charge is -2.13. The second kappa shape index (κ2) is 13.0. The predicted molar refractivity (Wildman–Crippen MR) is 128 cm³/mol. The van der Waals surface area contributed by atoms with Crippen molar-refractivity contribution < 1.29 is 19.0 Å². The van der Waals surface area contributed by atoms with E-state index in [2.05, 4.69) is 22.8 Å². The van der Waals surface area contributed by atoms with Crippen LogP contribution in [0.1, 0.15) is 12.0 Å². The Balaban J connectivity index is 1.42. The highest BCUT2D eigenvalue weighted by molar-refractivity contribution is 5.95. The zero-order valence-corrected chi connectivity index (χ0v) is 18.4. The number of rotatable bonds is 13. The Hall–Kier alpha value is -3.51. The van der Waals surface area contributed by atoms with E-state index < -0.39 is 0 Å². The molecule has 0 bridgehead atoms. The Morgan fingerprint density at radius 3 is 2.34 bits per heavy atom. The van der Waals surface area contributed by atoms with Crippen LogP contribution in [0.15, 0.2) is 78.9 Å². The van der Waals surface area contributed by atoms with Crippen molar-refractivity contribution >= 4 is 17.3 Å². The van der Waals surface area contributed by atoms with Gasteiger partial charge in [-0.05, 0) is 54.8 Å². The summed E-state index contributed by atoms with van der Waals surface area (Å²) in [7, 11) is 1.64. The van der Waals surface area contributed by atoms with Gasteiger partial charge in [0.05, 0.1) is 25.4 Å². The smallest absolute Gasteiger partial charge is 0.243 e. The number of methoxy groups -OCH3 is 1. The Bertz CT molecular complexity index is 946. The molecule has 0 aromatic heterocycles. The van der Waals surface area contributed by atoms with Gasteiger partial charge in [-0.1, -0.05) is 42.5 Å². The van der Waals surface area contributed by atoms with Crippen molar-refractivity contribution in [3.05, 3.63) is 84.4 Å². The first-order valence-corrected chi connectivity index (χ1v) is 10.8.